The van der Waals surface area contributed by atoms with Gasteiger partial charge in [-0.3, -0.25) is 4.99 Å². The first-order valence-electron chi connectivity index (χ1n) is 6.57. The van der Waals surface area contributed by atoms with Gasteiger partial charge in [0.1, 0.15) is 0 Å². The van der Waals surface area contributed by atoms with Crippen LogP contribution < -0.4 is 0 Å². The lowest BCUT2D eigenvalue weighted by atomic mass is 9.99. The van der Waals surface area contributed by atoms with Gasteiger partial charge in [0.2, 0.25) is 0 Å². The number of nitrogens with zero attached hydrogens (tertiary/aromatic N) is 1. The lowest BCUT2D eigenvalue weighted by Gasteiger charge is -2.13. The Kier molecular flexibility index (Phi) is 4.68. The van der Waals surface area contributed by atoms with Crippen molar-refractivity contribution in [2.75, 3.05) is 0 Å². The minimum absolute atomic E-state index is 0.0669. The Morgan fingerprint density at radius 1 is 0.895 bits per heavy atom. The van der Waals surface area contributed by atoms with Crippen LogP contribution in [0, 0.1) is 0 Å². The minimum Gasteiger partial charge on any atom is -0.280 e. The third-order valence-corrected chi connectivity index (χ3v) is 3.11. The number of aliphatic imine (C=N–C) groups is 1. The second-order valence-electron chi connectivity index (χ2n) is 4.53. The van der Waals surface area contributed by atoms with Crippen molar-refractivity contribution in [2.24, 2.45) is 4.99 Å². The molecule has 0 saturated carbocycles. The van der Waals surface area contributed by atoms with Gasteiger partial charge in [-0.1, -0.05) is 66.7 Å². The smallest absolute Gasteiger partial charge is 0.0999 e. The summed E-state index contributed by atoms with van der Waals surface area (Å²) < 4.78 is 0. The molecule has 1 nitrogen and oxygen atoms in total. The SMILES string of the molecule is C/C=C(\C)C=NC(c1ccccc1)c1ccccc1. The number of rotatable bonds is 4. The summed E-state index contributed by atoms with van der Waals surface area (Å²) in [6, 6.07) is 20.9. The predicted molar refractivity (Wildman–Crippen MR) is 82.7 cm³/mol. The third kappa shape index (κ3) is 3.65. The first kappa shape index (κ1) is 13.3. The lowest BCUT2D eigenvalue weighted by Crippen LogP contribution is -1.98. The molecule has 2 aromatic rings. The van der Waals surface area contributed by atoms with Crippen LogP contribution in [0.25, 0.3) is 0 Å². The highest BCUT2D eigenvalue weighted by Gasteiger charge is 2.10. The van der Waals surface area contributed by atoms with Gasteiger partial charge in [0, 0.05) is 6.21 Å². The molecule has 19 heavy (non-hydrogen) atoms. The molecule has 96 valence electrons. The molecule has 0 aromatic heterocycles. The van der Waals surface area contributed by atoms with Gasteiger partial charge in [0.05, 0.1) is 6.04 Å². The summed E-state index contributed by atoms with van der Waals surface area (Å²) in [6.45, 7) is 4.10. The molecule has 0 unspecified atom stereocenters. The van der Waals surface area contributed by atoms with Crippen molar-refractivity contribution >= 4 is 6.21 Å². The Labute approximate surface area is 115 Å². The molecular formula is C18H19N. The van der Waals surface area contributed by atoms with Crippen molar-refractivity contribution in [3.63, 3.8) is 0 Å². The van der Waals surface area contributed by atoms with Crippen molar-refractivity contribution in [1.29, 1.82) is 0 Å². The van der Waals surface area contributed by atoms with Crippen molar-refractivity contribution in [1.82, 2.24) is 0 Å². The molecule has 0 N–H and O–H groups in total. The van der Waals surface area contributed by atoms with Crippen LogP contribution in [0.2, 0.25) is 0 Å². The highest BCUT2D eigenvalue weighted by Crippen LogP contribution is 2.25. The van der Waals surface area contributed by atoms with Crippen LogP contribution in [0.1, 0.15) is 31.0 Å². The van der Waals surface area contributed by atoms with E-state index >= 15 is 0 Å². The van der Waals surface area contributed by atoms with Gasteiger partial charge in [-0.05, 0) is 30.5 Å². The number of allylic oxidation sites excluding steroid dienone is 2. The molecule has 2 rings (SSSR count). The number of hydrogen-bond acceptors (Lipinski definition) is 1. The second-order valence-corrected chi connectivity index (χ2v) is 4.53. The first-order chi connectivity index (χ1) is 9.31. The fraction of sp³-hybridized carbons (Fsp3) is 0.167. The van der Waals surface area contributed by atoms with Crippen molar-refractivity contribution in [2.45, 2.75) is 19.9 Å². The van der Waals surface area contributed by atoms with Crippen LogP contribution in [0.15, 0.2) is 77.3 Å². The quantitative estimate of drug-likeness (QED) is 0.689. The summed E-state index contributed by atoms with van der Waals surface area (Å²) in [5.41, 5.74) is 3.61. The maximum atomic E-state index is 4.74. The minimum atomic E-state index is 0.0669. The number of hydrogen-bond donors (Lipinski definition) is 0. The summed E-state index contributed by atoms with van der Waals surface area (Å²) in [5, 5.41) is 0. The van der Waals surface area contributed by atoms with Gasteiger partial charge in [0.25, 0.3) is 0 Å². The first-order valence-corrected chi connectivity index (χ1v) is 6.57. The van der Waals surface area contributed by atoms with Gasteiger partial charge < -0.3 is 0 Å². The van der Waals surface area contributed by atoms with Gasteiger partial charge >= 0.3 is 0 Å². The second kappa shape index (κ2) is 6.69. The van der Waals surface area contributed by atoms with E-state index in [0.29, 0.717) is 0 Å². The standard InChI is InChI=1S/C18H19N/c1-3-15(2)14-19-18(16-10-6-4-7-11-16)17-12-8-5-9-13-17/h3-14,18H,1-2H3/b15-3+,19-14?. The molecule has 1 heteroatoms. The molecule has 0 heterocycles. The van der Waals surface area contributed by atoms with Gasteiger partial charge in [-0.25, -0.2) is 0 Å². The number of benzene rings is 2. The van der Waals surface area contributed by atoms with E-state index in [0.717, 1.165) is 0 Å². The average Bonchev–Trinajstić information content (AvgIpc) is 2.49. The molecule has 0 bridgehead atoms. The van der Waals surface area contributed by atoms with Crippen LogP contribution in [0.5, 0.6) is 0 Å². The molecule has 0 aliphatic carbocycles. The third-order valence-electron chi connectivity index (χ3n) is 3.11. The Morgan fingerprint density at radius 3 is 1.79 bits per heavy atom. The Hall–Kier alpha value is -2.15. The maximum absolute atomic E-state index is 4.74. The summed E-state index contributed by atoms with van der Waals surface area (Å²) in [4.78, 5) is 4.74. The van der Waals surface area contributed by atoms with Gasteiger partial charge in [-0.15, -0.1) is 0 Å². The summed E-state index contributed by atoms with van der Waals surface area (Å²) >= 11 is 0. The van der Waals surface area contributed by atoms with Crippen LogP contribution in [0.4, 0.5) is 0 Å². The van der Waals surface area contributed by atoms with E-state index in [1.165, 1.54) is 16.7 Å². The molecular weight excluding hydrogens is 230 g/mol. The topological polar surface area (TPSA) is 12.4 Å². The molecule has 0 atom stereocenters. The van der Waals surface area contributed by atoms with E-state index in [-0.39, 0.29) is 6.04 Å². The molecule has 0 radical (unpaired) electrons. The van der Waals surface area contributed by atoms with E-state index in [1.54, 1.807) is 0 Å². The Balaban J connectivity index is 2.37. The van der Waals surface area contributed by atoms with Crippen molar-refractivity contribution in [3.05, 3.63) is 83.4 Å². The molecule has 0 aliphatic rings. The van der Waals surface area contributed by atoms with Crippen LogP contribution in [0.3, 0.4) is 0 Å². The molecule has 0 aliphatic heterocycles. The zero-order valence-corrected chi connectivity index (χ0v) is 11.5. The maximum Gasteiger partial charge on any atom is 0.0999 e. The summed E-state index contributed by atoms with van der Waals surface area (Å²) in [5.74, 6) is 0. The zero-order valence-electron chi connectivity index (χ0n) is 11.5. The van der Waals surface area contributed by atoms with E-state index < -0.39 is 0 Å². The largest absolute Gasteiger partial charge is 0.280 e. The Morgan fingerprint density at radius 2 is 1.37 bits per heavy atom. The van der Waals surface area contributed by atoms with Crippen molar-refractivity contribution in [3.8, 4) is 0 Å². The fourth-order valence-corrected chi connectivity index (χ4v) is 1.90. The Bertz CT molecular complexity index is 513. The highest BCUT2D eigenvalue weighted by molar-refractivity contribution is 5.78. The van der Waals surface area contributed by atoms with E-state index in [1.807, 2.05) is 25.3 Å². The van der Waals surface area contributed by atoms with E-state index in [9.17, 15) is 0 Å². The van der Waals surface area contributed by atoms with E-state index in [4.69, 9.17) is 4.99 Å². The van der Waals surface area contributed by atoms with Crippen LogP contribution in [-0.4, -0.2) is 6.21 Å². The van der Waals surface area contributed by atoms with Gasteiger partial charge in [-0.2, -0.15) is 0 Å². The van der Waals surface area contributed by atoms with Crippen LogP contribution >= 0.6 is 0 Å². The lowest BCUT2D eigenvalue weighted by molar-refractivity contribution is 0.878. The summed E-state index contributed by atoms with van der Waals surface area (Å²) in [7, 11) is 0. The summed E-state index contributed by atoms with van der Waals surface area (Å²) in [6.07, 6.45) is 4.02. The molecule has 2 aromatic carbocycles. The fourth-order valence-electron chi connectivity index (χ4n) is 1.90. The van der Waals surface area contributed by atoms with E-state index in [2.05, 4.69) is 61.5 Å². The predicted octanol–water partition coefficient (Wildman–Crippen LogP) is 4.81. The van der Waals surface area contributed by atoms with Gasteiger partial charge in [0.15, 0.2) is 0 Å². The van der Waals surface area contributed by atoms with Crippen molar-refractivity contribution < 1.29 is 0 Å². The monoisotopic (exact) mass is 249 g/mol. The normalized spacial score (nSPS) is 12.3. The zero-order chi connectivity index (χ0) is 13.5. The molecule has 0 fully saturated rings. The average molecular weight is 249 g/mol. The highest BCUT2D eigenvalue weighted by atomic mass is 14.8. The molecule has 0 amide bonds. The molecule has 0 saturated heterocycles. The van der Waals surface area contributed by atoms with Crippen LogP contribution in [-0.2, 0) is 0 Å². The molecule has 0 spiro atoms.